The van der Waals surface area contributed by atoms with Crippen LogP contribution < -0.4 is 30.7 Å². The summed E-state index contributed by atoms with van der Waals surface area (Å²) < 4.78 is 21.6. The largest absolute Gasteiger partial charge is 0.497 e. The topological polar surface area (TPSA) is 251 Å². The predicted molar refractivity (Wildman–Crippen MR) is 297 cm³/mol. The lowest BCUT2D eigenvalue weighted by Crippen LogP contribution is -2.56. The first kappa shape index (κ1) is 59.5. The van der Waals surface area contributed by atoms with Crippen LogP contribution >= 0.6 is 0 Å². The van der Waals surface area contributed by atoms with Crippen LogP contribution in [0.3, 0.4) is 0 Å². The Hall–Kier alpha value is -7.12. The second kappa shape index (κ2) is 29.7. The van der Waals surface area contributed by atoms with E-state index in [9.17, 15) is 28.8 Å². The number of ether oxygens (including phenoxy) is 4. The number of rotatable bonds is 22. The molecule has 6 N–H and O–H groups in total. The average molecular weight is 1090 g/mol. The quantitative estimate of drug-likeness (QED) is 0.0442. The van der Waals surface area contributed by atoms with Crippen LogP contribution in [0.4, 0.5) is 9.59 Å². The summed E-state index contributed by atoms with van der Waals surface area (Å²) in [5, 5.41) is 11.5. The minimum atomic E-state index is -0.745. The van der Waals surface area contributed by atoms with Gasteiger partial charge >= 0.3 is 24.0 Å². The van der Waals surface area contributed by atoms with Crippen molar-refractivity contribution in [1.29, 1.82) is 0 Å². The highest BCUT2D eigenvalue weighted by Gasteiger charge is 2.51. The molecule has 20 heteroatoms. The molecule has 4 fully saturated rings. The number of methoxy groups -OCH3 is 2. The molecule has 2 saturated heterocycles. The van der Waals surface area contributed by atoms with E-state index in [0.29, 0.717) is 116 Å². The van der Waals surface area contributed by atoms with Crippen molar-refractivity contribution in [3.63, 3.8) is 0 Å². The number of hydrogen-bond donors (Lipinski definition) is 6. The maximum absolute atomic E-state index is 13.8. The highest BCUT2D eigenvalue weighted by molar-refractivity contribution is 5.89. The molecule has 2 saturated carbocycles. The fourth-order valence-corrected chi connectivity index (χ4v) is 12.2. The number of benzene rings is 2. The Morgan fingerprint density at radius 3 is 1.27 bits per heavy atom. The molecule has 0 bridgehead atoms. The SMILES string of the molecule is CCOC(=O)C1(C2CCCC2)CCN(C(=O)C(Cc2ccc(OC)cc2)NC(=O)NCCc2cnc[nH]2)CC1.CCOC(=O)C1(C2CCCCC2)CCN(C(=O)[C@H](Cc2ccc(OC)cc2)NC(=O)NCCc2cnc[nH]2)CC1. The summed E-state index contributed by atoms with van der Waals surface area (Å²) in [6.07, 6.45) is 20.8. The van der Waals surface area contributed by atoms with Gasteiger partial charge in [-0.25, -0.2) is 19.6 Å². The van der Waals surface area contributed by atoms with E-state index in [1.54, 1.807) is 49.1 Å². The highest BCUT2D eigenvalue weighted by Crippen LogP contribution is 2.49. The Morgan fingerprint density at radius 1 is 0.570 bits per heavy atom. The Balaban J connectivity index is 0.000000229. The fourth-order valence-electron chi connectivity index (χ4n) is 12.2. The number of aromatic nitrogens is 4. The van der Waals surface area contributed by atoms with Crippen LogP contribution in [0.25, 0.3) is 0 Å². The van der Waals surface area contributed by atoms with Gasteiger partial charge in [-0.1, -0.05) is 56.4 Å². The maximum Gasteiger partial charge on any atom is 0.315 e. The van der Waals surface area contributed by atoms with Crippen LogP contribution in [0, 0.1) is 22.7 Å². The summed E-state index contributed by atoms with van der Waals surface area (Å²) in [5.74, 6) is 1.55. The third-order valence-corrected chi connectivity index (χ3v) is 16.7. The number of likely N-dealkylation sites (tertiary alicyclic amines) is 2. The van der Waals surface area contributed by atoms with Gasteiger partial charge in [0.1, 0.15) is 23.6 Å². The highest BCUT2D eigenvalue weighted by atomic mass is 16.5. The minimum absolute atomic E-state index is 0.112. The summed E-state index contributed by atoms with van der Waals surface area (Å²) >= 11 is 0. The zero-order valence-corrected chi connectivity index (χ0v) is 46.8. The number of aromatic amines is 2. The average Bonchev–Trinajstić information content (AvgIpc) is 4.42. The number of carbonyl (C=O) groups excluding carboxylic acids is 6. The molecule has 1 unspecified atom stereocenters. The molecule has 4 heterocycles. The zero-order valence-electron chi connectivity index (χ0n) is 46.8. The van der Waals surface area contributed by atoms with Crippen molar-refractivity contribution in [2.45, 2.75) is 135 Å². The van der Waals surface area contributed by atoms with Gasteiger partial charge in [0, 0.05) is 88.7 Å². The van der Waals surface area contributed by atoms with Crippen LogP contribution in [0.2, 0.25) is 0 Å². The second-order valence-corrected chi connectivity index (χ2v) is 21.4. The number of nitrogens with one attached hydrogen (secondary N) is 6. The predicted octanol–water partition coefficient (Wildman–Crippen LogP) is 6.86. The molecule has 8 rings (SSSR count). The number of imidazole rings is 2. The van der Waals surface area contributed by atoms with E-state index in [1.807, 2.05) is 62.4 Å². The third-order valence-electron chi connectivity index (χ3n) is 16.7. The van der Waals surface area contributed by atoms with E-state index < -0.39 is 35.0 Å². The second-order valence-electron chi connectivity index (χ2n) is 21.4. The van der Waals surface area contributed by atoms with Crippen molar-refractivity contribution in [3.05, 3.63) is 96.1 Å². The van der Waals surface area contributed by atoms with Crippen molar-refractivity contribution in [2.75, 3.05) is 66.7 Å². The molecule has 2 aliphatic heterocycles. The van der Waals surface area contributed by atoms with Gasteiger partial charge in [0.25, 0.3) is 0 Å². The molecule has 6 amide bonds. The van der Waals surface area contributed by atoms with Gasteiger partial charge in [-0.05, 0) is 112 Å². The smallest absolute Gasteiger partial charge is 0.315 e. The monoisotopic (exact) mass is 1090 g/mol. The van der Waals surface area contributed by atoms with E-state index in [1.165, 1.54) is 6.42 Å². The minimum Gasteiger partial charge on any atom is -0.497 e. The number of carbonyl (C=O) groups is 6. The number of esters is 2. The molecule has 0 radical (unpaired) electrons. The number of amides is 6. The van der Waals surface area contributed by atoms with E-state index in [0.717, 1.165) is 85.4 Å². The fraction of sp³-hybridized carbons (Fsp3) is 0.593. The lowest BCUT2D eigenvalue weighted by atomic mass is 9.63. The van der Waals surface area contributed by atoms with E-state index in [-0.39, 0.29) is 23.8 Å². The van der Waals surface area contributed by atoms with Crippen molar-refractivity contribution >= 4 is 35.8 Å². The Bertz CT molecular complexity index is 2510. The molecule has 2 atom stereocenters. The summed E-state index contributed by atoms with van der Waals surface area (Å²) in [6, 6.07) is 12.7. The van der Waals surface area contributed by atoms with Crippen molar-refractivity contribution in [1.82, 2.24) is 51.0 Å². The van der Waals surface area contributed by atoms with Gasteiger partial charge in [-0.3, -0.25) is 19.2 Å². The number of piperidine rings is 2. The Morgan fingerprint density at radius 2 is 0.937 bits per heavy atom. The van der Waals surface area contributed by atoms with Gasteiger partial charge in [0.2, 0.25) is 11.8 Å². The summed E-state index contributed by atoms with van der Waals surface area (Å²) in [7, 11) is 3.21. The zero-order chi connectivity index (χ0) is 56.0. The molecule has 4 aliphatic rings. The lowest BCUT2D eigenvalue weighted by molar-refractivity contribution is -0.166. The molecular weight excluding hydrogens is 1010 g/mol. The van der Waals surface area contributed by atoms with Crippen LogP contribution in [-0.4, -0.2) is 144 Å². The first-order chi connectivity index (χ1) is 38.4. The van der Waals surface area contributed by atoms with Gasteiger partial charge < -0.3 is 60.0 Å². The molecule has 2 aromatic heterocycles. The van der Waals surface area contributed by atoms with Gasteiger partial charge in [0.15, 0.2) is 0 Å². The molecule has 0 spiro atoms. The normalized spacial score (nSPS) is 17.9. The van der Waals surface area contributed by atoms with Gasteiger partial charge in [0.05, 0.1) is 50.9 Å². The van der Waals surface area contributed by atoms with E-state index in [4.69, 9.17) is 18.9 Å². The van der Waals surface area contributed by atoms with Crippen molar-refractivity contribution < 1.29 is 47.7 Å². The van der Waals surface area contributed by atoms with Crippen LogP contribution in [0.1, 0.15) is 120 Å². The Kier molecular flexibility index (Phi) is 22.4. The van der Waals surface area contributed by atoms with Gasteiger partial charge in [-0.15, -0.1) is 0 Å². The van der Waals surface area contributed by atoms with E-state index in [2.05, 4.69) is 41.2 Å². The lowest BCUT2D eigenvalue weighted by Gasteiger charge is -2.46. The molecule has 4 aromatic rings. The number of hydrogen-bond acceptors (Lipinski definition) is 12. The van der Waals surface area contributed by atoms with Gasteiger partial charge in [-0.2, -0.15) is 0 Å². The van der Waals surface area contributed by atoms with E-state index >= 15 is 0 Å². The van der Waals surface area contributed by atoms with Crippen LogP contribution in [-0.2, 0) is 54.3 Å². The Labute approximate surface area is 465 Å². The number of H-pyrrole nitrogens is 2. The molecular formula is C59H84N10O10. The number of nitrogens with zero attached hydrogens (tertiary/aromatic N) is 4. The van der Waals surface area contributed by atoms with Crippen LogP contribution in [0.15, 0.2) is 73.6 Å². The molecule has 430 valence electrons. The molecule has 79 heavy (non-hydrogen) atoms. The third kappa shape index (κ3) is 16.2. The number of urea groups is 2. The molecule has 20 nitrogen and oxygen atoms in total. The van der Waals surface area contributed by atoms with Crippen molar-refractivity contribution in [3.8, 4) is 11.5 Å². The van der Waals surface area contributed by atoms with Crippen molar-refractivity contribution in [2.24, 2.45) is 22.7 Å². The van der Waals surface area contributed by atoms with Crippen LogP contribution in [0.5, 0.6) is 11.5 Å². The summed E-state index contributed by atoms with van der Waals surface area (Å²) in [5.41, 5.74) is 2.61. The first-order valence-electron chi connectivity index (χ1n) is 28.6. The summed E-state index contributed by atoms with van der Waals surface area (Å²) in [6.45, 7) is 7.10. The maximum atomic E-state index is 13.8. The first-order valence-corrected chi connectivity index (χ1v) is 28.6. The standard InChI is InChI=1S/C30H43N5O5.C29H41N5O5/c1-3-40-28(37)30(23-7-5-4-6-8-23)14-17-35(18-15-30)27(36)26(19-22-9-11-25(39-2)12-10-22)34-29(38)32-16-13-24-20-31-21-33-24;1-3-39-27(36)29(22-6-4-5-7-22)13-16-34(17-14-29)26(35)25(18-21-8-10-24(38-2)11-9-21)33-28(37)31-15-12-23-19-30-20-32-23/h9-12,20-21,23,26H,3-8,13-19H2,1-2H3,(H,31,33)(H2,32,34,38);8-11,19-20,22,25H,3-7,12-18H2,1-2H3,(H,30,32)(H2,31,33,37)/t26-;/m0./s1. The molecule has 2 aromatic carbocycles. The molecule has 2 aliphatic carbocycles. The summed E-state index contributed by atoms with van der Waals surface area (Å²) in [4.78, 5) is 97.2.